The van der Waals surface area contributed by atoms with E-state index >= 15 is 0 Å². The summed E-state index contributed by atoms with van der Waals surface area (Å²) in [6, 6.07) is 14.7. The van der Waals surface area contributed by atoms with Gasteiger partial charge in [-0.15, -0.1) is 0 Å². The summed E-state index contributed by atoms with van der Waals surface area (Å²) < 4.78 is 11.8. The molecule has 0 radical (unpaired) electrons. The van der Waals surface area contributed by atoms with Gasteiger partial charge in [-0.25, -0.2) is 0 Å². The van der Waals surface area contributed by atoms with Gasteiger partial charge in [0.15, 0.2) is 0 Å². The SMILES string of the molecule is CCOc1ccc(Oc2ccc(C#N)c(Br)c2)cc1. The smallest absolute Gasteiger partial charge is 0.128 e. The lowest BCUT2D eigenvalue weighted by Crippen LogP contribution is -1.91. The van der Waals surface area contributed by atoms with Gasteiger partial charge in [-0.1, -0.05) is 0 Å². The van der Waals surface area contributed by atoms with E-state index in [0.29, 0.717) is 17.9 Å². The van der Waals surface area contributed by atoms with Crippen LogP contribution in [0.5, 0.6) is 17.2 Å². The van der Waals surface area contributed by atoms with Gasteiger partial charge in [-0.3, -0.25) is 0 Å². The van der Waals surface area contributed by atoms with Crippen molar-refractivity contribution in [3.05, 3.63) is 52.5 Å². The molecule has 0 amide bonds. The molecule has 0 unspecified atom stereocenters. The average molecular weight is 318 g/mol. The van der Waals surface area contributed by atoms with Gasteiger partial charge in [-0.2, -0.15) is 5.26 Å². The fourth-order valence-electron chi connectivity index (χ4n) is 1.56. The molecule has 3 nitrogen and oxygen atoms in total. The third-order valence-corrected chi connectivity index (χ3v) is 3.09. The fraction of sp³-hybridized carbons (Fsp3) is 0.133. The van der Waals surface area contributed by atoms with Crippen molar-refractivity contribution in [2.24, 2.45) is 0 Å². The highest BCUT2D eigenvalue weighted by Crippen LogP contribution is 2.27. The summed E-state index contributed by atoms with van der Waals surface area (Å²) in [5.74, 6) is 2.21. The summed E-state index contributed by atoms with van der Waals surface area (Å²) in [5, 5.41) is 8.85. The molecule has 0 aromatic heterocycles. The van der Waals surface area contributed by atoms with Crippen molar-refractivity contribution >= 4 is 15.9 Å². The number of benzene rings is 2. The van der Waals surface area contributed by atoms with Gasteiger partial charge in [0.25, 0.3) is 0 Å². The molecule has 4 heteroatoms. The van der Waals surface area contributed by atoms with Crippen molar-refractivity contribution in [2.45, 2.75) is 6.92 Å². The lowest BCUT2D eigenvalue weighted by molar-refractivity contribution is 0.339. The minimum Gasteiger partial charge on any atom is -0.494 e. The van der Waals surface area contributed by atoms with Crippen LogP contribution < -0.4 is 9.47 Å². The van der Waals surface area contributed by atoms with Gasteiger partial charge < -0.3 is 9.47 Å². The Morgan fingerprint density at radius 3 is 2.26 bits per heavy atom. The van der Waals surface area contributed by atoms with Gasteiger partial charge in [0.1, 0.15) is 23.3 Å². The average Bonchev–Trinajstić information content (AvgIpc) is 2.42. The molecule has 0 aliphatic carbocycles. The molecule has 96 valence electrons. The maximum Gasteiger partial charge on any atom is 0.128 e. The zero-order chi connectivity index (χ0) is 13.7. The molecule has 0 spiro atoms. The number of hydrogen-bond donors (Lipinski definition) is 0. The highest BCUT2D eigenvalue weighted by Gasteiger charge is 2.03. The van der Waals surface area contributed by atoms with Crippen LogP contribution in [0.15, 0.2) is 46.9 Å². The molecule has 0 N–H and O–H groups in total. The normalized spacial score (nSPS) is 9.74. The Morgan fingerprint density at radius 2 is 1.68 bits per heavy atom. The van der Waals surface area contributed by atoms with Crippen molar-refractivity contribution in [2.75, 3.05) is 6.61 Å². The van der Waals surface area contributed by atoms with E-state index in [1.807, 2.05) is 31.2 Å². The van der Waals surface area contributed by atoms with E-state index < -0.39 is 0 Å². The first-order valence-corrected chi connectivity index (χ1v) is 6.62. The quantitative estimate of drug-likeness (QED) is 0.833. The first-order valence-electron chi connectivity index (χ1n) is 5.83. The van der Waals surface area contributed by atoms with Crippen molar-refractivity contribution in [1.29, 1.82) is 5.26 Å². The molecule has 19 heavy (non-hydrogen) atoms. The number of nitriles is 1. The Bertz CT molecular complexity index is 603. The van der Waals surface area contributed by atoms with Gasteiger partial charge in [0, 0.05) is 4.47 Å². The van der Waals surface area contributed by atoms with Crippen LogP contribution in [0.4, 0.5) is 0 Å². The second-order valence-corrected chi connectivity index (χ2v) is 4.61. The van der Waals surface area contributed by atoms with E-state index in [4.69, 9.17) is 14.7 Å². The van der Waals surface area contributed by atoms with Gasteiger partial charge >= 0.3 is 0 Å². The standard InChI is InChI=1S/C15H12BrNO2/c1-2-18-12-5-7-13(8-6-12)19-14-4-3-11(10-17)15(16)9-14/h3-9H,2H2,1H3. The van der Waals surface area contributed by atoms with Crippen LogP contribution in [-0.2, 0) is 0 Å². The van der Waals surface area contributed by atoms with E-state index in [2.05, 4.69) is 22.0 Å². The first kappa shape index (κ1) is 13.4. The Morgan fingerprint density at radius 1 is 1.05 bits per heavy atom. The van der Waals surface area contributed by atoms with Crippen LogP contribution in [0, 0.1) is 11.3 Å². The molecule has 2 aromatic rings. The molecule has 0 bridgehead atoms. The Kier molecular flexibility index (Phi) is 4.43. The van der Waals surface area contributed by atoms with Crippen LogP contribution in [0.1, 0.15) is 12.5 Å². The molecule has 0 atom stereocenters. The molecule has 0 heterocycles. The largest absolute Gasteiger partial charge is 0.494 e. The third-order valence-electron chi connectivity index (χ3n) is 2.43. The van der Waals surface area contributed by atoms with Crippen molar-refractivity contribution in [3.63, 3.8) is 0 Å². The predicted molar refractivity (Wildman–Crippen MR) is 76.5 cm³/mol. The number of rotatable bonds is 4. The molecule has 0 aliphatic heterocycles. The molecule has 0 saturated carbocycles. The molecule has 0 aliphatic rings. The zero-order valence-corrected chi connectivity index (χ0v) is 12.0. The van der Waals surface area contributed by atoms with E-state index in [1.54, 1.807) is 18.2 Å². The minimum atomic E-state index is 0.582. The zero-order valence-electron chi connectivity index (χ0n) is 10.4. The fourth-order valence-corrected chi connectivity index (χ4v) is 2.00. The summed E-state index contributed by atoms with van der Waals surface area (Å²) in [6.07, 6.45) is 0. The lowest BCUT2D eigenvalue weighted by Gasteiger charge is -2.08. The maximum absolute atomic E-state index is 8.85. The van der Waals surface area contributed by atoms with Gasteiger partial charge in [0.2, 0.25) is 0 Å². The number of ether oxygens (including phenoxy) is 2. The number of halogens is 1. The summed E-state index contributed by atoms with van der Waals surface area (Å²) in [5.41, 5.74) is 0.582. The van der Waals surface area contributed by atoms with E-state index in [9.17, 15) is 0 Å². The lowest BCUT2D eigenvalue weighted by atomic mass is 10.2. The molecule has 0 saturated heterocycles. The molecular formula is C15H12BrNO2. The first-order chi connectivity index (χ1) is 9.22. The van der Waals surface area contributed by atoms with Crippen LogP contribution in [0.3, 0.4) is 0 Å². The van der Waals surface area contributed by atoms with Crippen LogP contribution in [-0.4, -0.2) is 6.61 Å². The van der Waals surface area contributed by atoms with Gasteiger partial charge in [-0.05, 0) is 65.3 Å². The molecular weight excluding hydrogens is 306 g/mol. The van der Waals surface area contributed by atoms with E-state index in [-0.39, 0.29) is 0 Å². The second-order valence-electron chi connectivity index (χ2n) is 3.76. The highest BCUT2D eigenvalue weighted by molar-refractivity contribution is 9.10. The molecule has 2 rings (SSSR count). The summed E-state index contributed by atoms with van der Waals surface area (Å²) in [4.78, 5) is 0. The highest BCUT2D eigenvalue weighted by atomic mass is 79.9. The van der Waals surface area contributed by atoms with Crippen LogP contribution in [0.25, 0.3) is 0 Å². The second kappa shape index (κ2) is 6.26. The monoisotopic (exact) mass is 317 g/mol. The molecule has 2 aromatic carbocycles. The summed E-state index contributed by atoms with van der Waals surface area (Å²) >= 11 is 3.33. The van der Waals surface area contributed by atoms with Crippen LogP contribution in [0.2, 0.25) is 0 Å². The molecule has 0 fully saturated rings. The van der Waals surface area contributed by atoms with E-state index in [0.717, 1.165) is 16.0 Å². The Balaban J connectivity index is 2.13. The number of hydrogen-bond acceptors (Lipinski definition) is 3. The maximum atomic E-state index is 8.85. The Hall–Kier alpha value is -1.99. The van der Waals surface area contributed by atoms with Crippen molar-refractivity contribution in [3.8, 4) is 23.3 Å². The predicted octanol–water partition coefficient (Wildman–Crippen LogP) is 4.51. The Labute approximate surface area is 120 Å². The third kappa shape index (κ3) is 3.49. The van der Waals surface area contributed by atoms with Crippen molar-refractivity contribution in [1.82, 2.24) is 0 Å². The summed E-state index contributed by atoms with van der Waals surface area (Å²) in [6.45, 7) is 2.58. The van der Waals surface area contributed by atoms with Gasteiger partial charge in [0.05, 0.1) is 12.2 Å². The van der Waals surface area contributed by atoms with Crippen molar-refractivity contribution < 1.29 is 9.47 Å². The minimum absolute atomic E-state index is 0.582. The van der Waals surface area contributed by atoms with E-state index in [1.165, 1.54) is 0 Å². The summed E-state index contributed by atoms with van der Waals surface area (Å²) in [7, 11) is 0. The van der Waals surface area contributed by atoms with Crippen LogP contribution >= 0.6 is 15.9 Å². The topological polar surface area (TPSA) is 42.2 Å². The number of nitrogens with zero attached hydrogens (tertiary/aromatic N) is 1.